The summed E-state index contributed by atoms with van der Waals surface area (Å²) in [6.45, 7) is 6.47. The molecule has 3 aromatic carbocycles. The van der Waals surface area contributed by atoms with Crippen LogP contribution in [-0.2, 0) is 11.3 Å². The van der Waals surface area contributed by atoms with Crippen LogP contribution in [0.2, 0.25) is 0 Å². The van der Waals surface area contributed by atoms with E-state index in [1.54, 1.807) is 12.1 Å². The van der Waals surface area contributed by atoms with Crippen molar-refractivity contribution < 1.29 is 9.59 Å². The van der Waals surface area contributed by atoms with E-state index in [0.717, 1.165) is 22.0 Å². The number of fused-ring (bicyclic) bond motifs is 1. The first-order chi connectivity index (χ1) is 16.4. The molecule has 2 amide bonds. The van der Waals surface area contributed by atoms with Crippen molar-refractivity contribution >= 4 is 40.0 Å². The van der Waals surface area contributed by atoms with Crippen LogP contribution in [0.5, 0.6) is 0 Å². The van der Waals surface area contributed by atoms with Crippen LogP contribution < -0.4 is 10.6 Å². The maximum Gasteiger partial charge on any atom is 0.251 e. The van der Waals surface area contributed by atoms with Crippen LogP contribution in [0, 0.1) is 6.92 Å². The molecule has 0 aliphatic carbocycles. The van der Waals surface area contributed by atoms with Crippen molar-refractivity contribution in [2.45, 2.75) is 38.5 Å². The second-order valence-electron chi connectivity index (χ2n) is 8.04. The summed E-state index contributed by atoms with van der Waals surface area (Å²) in [5.74, 6) is 0.574. The Balaban J connectivity index is 1.37. The van der Waals surface area contributed by atoms with E-state index < -0.39 is 0 Å². The van der Waals surface area contributed by atoms with Crippen molar-refractivity contribution in [3.05, 3.63) is 83.7 Å². The molecule has 0 radical (unpaired) electrons. The summed E-state index contributed by atoms with van der Waals surface area (Å²) < 4.78 is 1.92. The normalized spacial score (nSPS) is 11.9. The second-order valence-corrected chi connectivity index (χ2v) is 8.99. The van der Waals surface area contributed by atoms with Gasteiger partial charge in [0.1, 0.15) is 0 Å². The molecular weight excluding hydrogens is 446 g/mol. The number of nitrogens with one attached hydrogen (secondary N) is 2. The molecule has 0 unspecified atom stereocenters. The topological polar surface area (TPSA) is 88.9 Å². The summed E-state index contributed by atoms with van der Waals surface area (Å²) in [6, 6.07) is 21.0. The van der Waals surface area contributed by atoms with Crippen LogP contribution in [0.3, 0.4) is 0 Å². The lowest BCUT2D eigenvalue weighted by atomic mass is 10.1. The average Bonchev–Trinajstić information content (AvgIpc) is 3.26. The number of hydrogen-bond acceptors (Lipinski definition) is 5. The molecule has 7 nitrogen and oxygen atoms in total. The van der Waals surface area contributed by atoms with Crippen LogP contribution in [0.4, 0.5) is 5.69 Å². The average molecular weight is 474 g/mol. The Hall–Kier alpha value is -3.65. The zero-order chi connectivity index (χ0) is 24.1. The van der Waals surface area contributed by atoms with E-state index in [-0.39, 0.29) is 23.6 Å². The molecular formula is C26H27N5O2S. The van der Waals surface area contributed by atoms with Crippen LogP contribution >= 0.6 is 11.8 Å². The molecule has 174 valence electrons. The lowest BCUT2D eigenvalue weighted by Gasteiger charge is -2.15. The fraction of sp³-hybridized carbons (Fsp3) is 0.231. The van der Waals surface area contributed by atoms with Gasteiger partial charge < -0.3 is 15.2 Å². The number of carbonyl (C=O) groups is 2. The molecule has 4 rings (SSSR count). The van der Waals surface area contributed by atoms with Gasteiger partial charge in [-0.15, -0.1) is 10.2 Å². The summed E-state index contributed by atoms with van der Waals surface area (Å²) >= 11 is 1.32. The Morgan fingerprint density at radius 2 is 1.74 bits per heavy atom. The van der Waals surface area contributed by atoms with Gasteiger partial charge in [0.15, 0.2) is 11.0 Å². The van der Waals surface area contributed by atoms with E-state index >= 15 is 0 Å². The predicted molar refractivity (Wildman–Crippen MR) is 136 cm³/mol. The van der Waals surface area contributed by atoms with E-state index in [1.807, 2.05) is 79.9 Å². The number of thioether (sulfide) groups is 1. The van der Waals surface area contributed by atoms with Crippen LogP contribution in [0.25, 0.3) is 10.8 Å². The van der Waals surface area contributed by atoms with Gasteiger partial charge in [0.25, 0.3) is 5.91 Å². The Bertz CT molecular complexity index is 1320. The third kappa shape index (κ3) is 5.46. The Morgan fingerprint density at radius 3 is 2.47 bits per heavy atom. The van der Waals surface area contributed by atoms with E-state index in [4.69, 9.17) is 0 Å². The standard InChI is InChI=1S/C26H27N5O2S/c1-4-31-24(18(3)27-25(33)20-11-9-17(2)10-12-20)29-30-26(31)34-16-23(32)28-22-14-13-19-7-5-6-8-21(19)15-22/h5-15,18H,4,16H2,1-3H3,(H,27,33)(H,28,32)/t18-/m0/s1. The van der Waals surface area contributed by atoms with Gasteiger partial charge in [0.05, 0.1) is 11.8 Å². The van der Waals surface area contributed by atoms with Gasteiger partial charge in [0, 0.05) is 17.8 Å². The van der Waals surface area contributed by atoms with Crippen molar-refractivity contribution in [1.29, 1.82) is 0 Å². The van der Waals surface area contributed by atoms with Crippen molar-refractivity contribution in [2.75, 3.05) is 11.1 Å². The molecule has 1 heterocycles. The third-order valence-corrected chi connectivity index (χ3v) is 6.44. The quantitative estimate of drug-likeness (QED) is 0.352. The molecule has 1 aromatic heterocycles. The van der Waals surface area contributed by atoms with Gasteiger partial charge in [-0.2, -0.15) is 0 Å². The number of hydrogen-bond donors (Lipinski definition) is 2. The molecule has 8 heteroatoms. The summed E-state index contributed by atoms with van der Waals surface area (Å²) in [4.78, 5) is 25.1. The molecule has 0 saturated carbocycles. The Kier molecular flexibility index (Phi) is 7.27. The maximum atomic E-state index is 12.6. The molecule has 0 fully saturated rings. The zero-order valence-electron chi connectivity index (χ0n) is 19.4. The molecule has 0 aliphatic rings. The molecule has 2 N–H and O–H groups in total. The highest BCUT2D eigenvalue weighted by atomic mass is 32.2. The summed E-state index contributed by atoms with van der Waals surface area (Å²) in [7, 11) is 0. The first-order valence-electron chi connectivity index (χ1n) is 11.2. The SMILES string of the molecule is CCn1c(SCC(=O)Nc2ccc3ccccc3c2)nnc1[C@H](C)NC(=O)c1ccc(C)cc1. The zero-order valence-corrected chi connectivity index (χ0v) is 20.2. The van der Waals surface area contributed by atoms with Crippen LogP contribution in [0.1, 0.15) is 41.6 Å². The molecule has 4 aromatic rings. The first kappa shape index (κ1) is 23.5. The smallest absolute Gasteiger partial charge is 0.251 e. The highest BCUT2D eigenvalue weighted by molar-refractivity contribution is 7.99. The van der Waals surface area contributed by atoms with E-state index in [0.29, 0.717) is 23.1 Å². The molecule has 34 heavy (non-hydrogen) atoms. The lowest BCUT2D eigenvalue weighted by molar-refractivity contribution is -0.113. The Labute approximate surface area is 203 Å². The summed E-state index contributed by atoms with van der Waals surface area (Å²) in [5.41, 5.74) is 2.45. The minimum atomic E-state index is -0.331. The largest absolute Gasteiger partial charge is 0.342 e. The third-order valence-electron chi connectivity index (χ3n) is 5.48. The van der Waals surface area contributed by atoms with Crippen LogP contribution in [-0.4, -0.2) is 32.3 Å². The number of benzene rings is 3. The highest BCUT2D eigenvalue weighted by Crippen LogP contribution is 2.22. The number of carbonyl (C=O) groups excluding carboxylic acids is 2. The minimum absolute atomic E-state index is 0.117. The van der Waals surface area contributed by atoms with Crippen molar-refractivity contribution in [3.63, 3.8) is 0 Å². The predicted octanol–water partition coefficient (Wildman–Crippen LogP) is 4.98. The number of aromatic nitrogens is 3. The van der Waals surface area contributed by atoms with Gasteiger partial charge in [-0.05, 0) is 55.8 Å². The van der Waals surface area contributed by atoms with Gasteiger partial charge in [0.2, 0.25) is 5.91 Å². The van der Waals surface area contributed by atoms with Gasteiger partial charge >= 0.3 is 0 Å². The van der Waals surface area contributed by atoms with Gasteiger partial charge in [-0.1, -0.05) is 59.8 Å². The number of amides is 2. The summed E-state index contributed by atoms with van der Waals surface area (Å²) in [5, 5.41) is 17.3. The van der Waals surface area contributed by atoms with Gasteiger partial charge in [-0.3, -0.25) is 9.59 Å². The molecule has 0 aliphatic heterocycles. The minimum Gasteiger partial charge on any atom is -0.342 e. The van der Waals surface area contributed by atoms with E-state index in [1.165, 1.54) is 11.8 Å². The monoisotopic (exact) mass is 473 g/mol. The molecule has 0 spiro atoms. The summed E-state index contributed by atoms with van der Waals surface area (Å²) in [6.07, 6.45) is 0. The van der Waals surface area contributed by atoms with Crippen molar-refractivity contribution in [1.82, 2.24) is 20.1 Å². The first-order valence-corrected chi connectivity index (χ1v) is 12.1. The van der Waals surface area contributed by atoms with E-state index in [2.05, 4.69) is 20.8 Å². The second kappa shape index (κ2) is 10.5. The molecule has 1 atom stereocenters. The van der Waals surface area contributed by atoms with Crippen molar-refractivity contribution in [3.8, 4) is 0 Å². The number of nitrogens with zero attached hydrogens (tertiary/aromatic N) is 3. The van der Waals surface area contributed by atoms with E-state index in [9.17, 15) is 9.59 Å². The molecule has 0 saturated heterocycles. The number of anilines is 1. The van der Waals surface area contributed by atoms with Crippen LogP contribution in [0.15, 0.2) is 71.9 Å². The number of rotatable bonds is 8. The lowest BCUT2D eigenvalue weighted by Crippen LogP contribution is -2.28. The van der Waals surface area contributed by atoms with Crippen molar-refractivity contribution in [2.24, 2.45) is 0 Å². The fourth-order valence-corrected chi connectivity index (χ4v) is 4.48. The maximum absolute atomic E-state index is 12.6. The van der Waals surface area contributed by atoms with Gasteiger partial charge in [-0.25, -0.2) is 0 Å². The highest BCUT2D eigenvalue weighted by Gasteiger charge is 2.20. The number of aryl methyl sites for hydroxylation is 1. The fourth-order valence-electron chi connectivity index (χ4n) is 3.67. The molecule has 0 bridgehead atoms. The Morgan fingerprint density at radius 1 is 1.00 bits per heavy atom.